The Morgan fingerprint density at radius 3 is 2.52 bits per heavy atom. The highest BCUT2D eigenvalue weighted by Crippen LogP contribution is 2.40. The number of phenols is 1. The number of hydrogen-bond acceptors (Lipinski definition) is 2. The summed E-state index contributed by atoms with van der Waals surface area (Å²) >= 11 is 5.94. The Bertz CT molecular complexity index is 464. The third-order valence-corrected chi connectivity index (χ3v) is 5.70. The van der Waals surface area contributed by atoms with E-state index in [1.165, 1.54) is 32.1 Å². The van der Waals surface area contributed by atoms with Crippen LogP contribution < -0.4 is 5.32 Å². The largest absolute Gasteiger partial charge is 0.506 e. The fourth-order valence-electron chi connectivity index (χ4n) is 3.32. The van der Waals surface area contributed by atoms with E-state index >= 15 is 0 Å². The van der Waals surface area contributed by atoms with Gasteiger partial charge in [-0.05, 0) is 43.1 Å². The van der Waals surface area contributed by atoms with Crippen LogP contribution in [0.1, 0.15) is 58.4 Å². The first-order valence-electron chi connectivity index (χ1n) is 8.13. The second-order valence-electron chi connectivity index (χ2n) is 7.02. The fourth-order valence-corrected chi connectivity index (χ4v) is 3.52. The normalized spacial score (nSPS) is 23.2. The lowest BCUT2D eigenvalue weighted by Crippen LogP contribution is -2.36. The van der Waals surface area contributed by atoms with E-state index in [2.05, 4.69) is 26.1 Å². The average molecular weight is 310 g/mol. The summed E-state index contributed by atoms with van der Waals surface area (Å²) in [6, 6.07) is 6.10. The van der Waals surface area contributed by atoms with Crippen molar-refractivity contribution in [2.24, 2.45) is 11.3 Å². The van der Waals surface area contributed by atoms with Crippen LogP contribution in [-0.2, 0) is 6.54 Å². The predicted octanol–water partition coefficient (Wildman–Crippen LogP) is 5.13. The highest BCUT2D eigenvalue weighted by atomic mass is 35.5. The first-order valence-corrected chi connectivity index (χ1v) is 8.51. The van der Waals surface area contributed by atoms with Gasteiger partial charge in [0.15, 0.2) is 0 Å². The maximum Gasteiger partial charge on any atom is 0.138 e. The Morgan fingerprint density at radius 2 is 1.90 bits per heavy atom. The maximum atomic E-state index is 9.94. The van der Waals surface area contributed by atoms with Crippen LogP contribution in [0.5, 0.6) is 5.75 Å². The summed E-state index contributed by atoms with van der Waals surface area (Å²) in [5, 5.41) is 13.9. The topological polar surface area (TPSA) is 32.3 Å². The Morgan fingerprint density at radius 1 is 1.24 bits per heavy atom. The van der Waals surface area contributed by atoms with Crippen LogP contribution >= 0.6 is 11.6 Å². The Labute approximate surface area is 133 Å². The number of rotatable bonds is 5. The molecule has 3 heteroatoms. The van der Waals surface area contributed by atoms with E-state index < -0.39 is 0 Å². The molecular weight excluding hydrogens is 282 g/mol. The predicted molar refractivity (Wildman–Crippen MR) is 89.8 cm³/mol. The lowest BCUT2D eigenvalue weighted by Gasteiger charge is -2.39. The molecule has 1 aliphatic carbocycles. The van der Waals surface area contributed by atoms with Crippen molar-refractivity contribution >= 4 is 11.6 Å². The molecule has 0 spiro atoms. The lowest BCUT2D eigenvalue weighted by atomic mass is 9.69. The van der Waals surface area contributed by atoms with Gasteiger partial charge in [-0.1, -0.05) is 50.9 Å². The van der Waals surface area contributed by atoms with E-state index in [4.69, 9.17) is 11.6 Å². The molecule has 2 nitrogen and oxygen atoms in total. The summed E-state index contributed by atoms with van der Waals surface area (Å²) in [6.45, 7) is 7.79. The molecule has 0 radical (unpaired) electrons. The first-order chi connectivity index (χ1) is 9.94. The van der Waals surface area contributed by atoms with Crippen molar-refractivity contribution in [3.05, 3.63) is 28.8 Å². The third kappa shape index (κ3) is 4.14. The smallest absolute Gasteiger partial charge is 0.138 e. The average Bonchev–Trinajstić information content (AvgIpc) is 2.49. The van der Waals surface area contributed by atoms with Crippen LogP contribution in [0.3, 0.4) is 0 Å². The summed E-state index contributed by atoms with van der Waals surface area (Å²) in [5.41, 5.74) is 1.36. The molecule has 0 atom stereocenters. The molecule has 2 N–H and O–H groups in total. The van der Waals surface area contributed by atoms with Crippen LogP contribution in [0.2, 0.25) is 5.02 Å². The lowest BCUT2D eigenvalue weighted by molar-refractivity contribution is 0.136. The van der Waals surface area contributed by atoms with E-state index in [0.29, 0.717) is 23.0 Å². The zero-order valence-corrected chi connectivity index (χ0v) is 14.2. The van der Waals surface area contributed by atoms with Crippen molar-refractivity contribution in [1.29, 1.82) is 0 Å². The number of halogens is 1. The molecule has 1 saturated carbocycles. The van der Waals surface area contributed by atoms with Gasteiger partial charge in [-0.25, -0.2) is 0 Å². The van der Waals surface area contributed by atoms with Crippen molar-refractivity contribution in [2.75, 3.05) is 0 Å². The van der Waals surface area contributed by atoms with Gasteiger partial charge in [0.05, 0.1) is 5.02 Å². The van der Waals surface area contributed by atoms with Crippen LogP contribution in [0.25, 0.3) is 0 Å². The van der Waals surface area contributed by atoms with Crippen LogP contribution in [0, 0.1) is 11.3 Å². The summed E-state index contributed by atoms with van der Waals surface area (Å²) in [6.07, 6.45) is 6.33. The summed E-state index contributed by atoms with van der Waals surface area (Å²) < 4.78 is 0. The van der Waals surface area contributed by atoms with Gasteiger partial charge in [-0.15, -0.1) is 0 Å². The zero-order valence-electron chi connectivity index (χ0n) is 13.5. The van der Waals surface area contributed by atoms with Crippen LogP contribution in [0.4, 0.5) is 0 Å². The minimum absolute atomic E-state index is 0.215. The van der Waals surface area contributed by atoms with Crippen LogP contribution in [0.15, 0.2) is 18.2 Å². The quantitative estimate of drug-likeness (QED) is 0.790. The SMILES string of the molecule is CCC(C)(C)C1CCC(NCc2cccc(Cl)c2O)CC1. The van der Waals surface area contributed by atoms with Crippen LogP contribution in [-0.4, -0.2) is 11.1 Å². The minimum Gasteiger partial charge on any atom is -0.506 e. The van der Waals surface area contributed by atoms with Gasteiger partial charge >= 0.3 is 0 Å². The molecule has 1 aromatic carbocycles. The van der Waals surface area contributed by atoms with Gasteiger partial charge in [0.2, 0.25) is 0 Å². The van der Waals surface area contributed by atoms with Crippen molar-refractivity contribution in [3.8, 4) is 5.75 Å². The molecule has 0 saturated heterocycles. The molecule has 0 aromatic heterocycles. The monoisotopic (exact) mass is 309 g/mol. The fraction of sp³-hybridized carbons (Fsp3) is 0.667. The summed E-state index contributed by atoms with van der Waals surface area (Å²) in [5.74, 6) is 1.06. The third-order valence-electron chi connectivity index (χ3n) is 5.40. The molecule has 0 bridgehead atoms. The van der Waals surface area contributed by atoms with E-state index in [-0.39, 0.29) is 5.75 Å². The number of aromatic hydroxyl groups is 1. The highest BCUT2D eigenvalue weighted by Gasteiger charge is 2.31. The molecule has 1 fully saturated rings. The van der Waals surface area contributed by atoms with E-state index in [9.17, 15) is 5.11 Å². The minimum atomic E-state index is 0.215. The molecule has 0 aliphatic heterocycles. The van der Waals surface area contributed by atoms with Gasteiger partial charge in [0.25, 0.3) is 0 Å². The van der Waals surface area contributed by atoms with E-state index in [0.717, 1.165) is 11.5 Å². The Balaban J connectivity index is 1.83. The number of nitrogens with one attached hydrogen (secondary N) is 1. The van der Waals surface area contributed by atoms with Crippen molar-refractivity contribution in [3.63, 3.8) is 0 Å². The number of hydrogen-bond donors (Lipinski definition) is 2. The number of phenolic OH excluding ortho intramolecular Hbond substituents is 1. The van der Waals surface area contributed by atoms with Gasteiger partial charge in [-0.2, -0.15) is 0 Å². The van der Waals surface area contributed by atoms with Gasteiger partial charge in [-0.3, -0.25) is 0 Å². The molecular formula is C18H28ClNO. The summed E-state index contributed by atoms with van der Waals surface area (Å²) in [7, 11) is 0. The van der Waals surface area contributed by atoms with Crippen molar-refractivity contribution in [1.82, 2.24) is 5.32 Å². The van der Waals surface area contributed by atoms with Gasteiger partial charge < -0.3 is 10.4 Å². The molecule has 0 amide bonds. The van der Waals surface area contributed by atoms with E-state index in [1.807, 2.05) is 12.1 Å². The second kappa shape index (κ2) is 7.02. The second-order valence-corrected chi connectivity index (χ2v) is 7.43. The molecule has 21 heavy (non-hydrogen) atoms. The Hall–Kier alpha value is -0.730. The first kappa shape index (κ1) is 16.6. The van der Waals surface area contributed by atoms with Gasteiger partial charge in [0, 0.05) is 18.2 Å². The number of benzene rings is 1. The van der Waals surface area contributed by atoms with E-state index in [1.54, 1.807) is 6.07 Å². The van der Waals surface area contributed by atoms with Crippen molar-refractivity contribution in [2.45, 2.75) is 65.5 Å². The zero-order chi connectivity index (χ0) is 15.5. The highest BCUT2D eigenvalue weighted by molar-refractivity contribution is 6.32. The van der Waals surface area contributed by atoms with Gasteiger partial charge in [0.1, 0.15) is 5.75 Å². The molecule has 0 unspecified atom stereocenters. The summed E-state index contributed by atoms with van der Waals surface area (Å²) in [4.78, 5) is 0. The van der Waals surface area contributed by atoms with Crippen molar-refractivity contribution < 1.29 is 5.11 Å². The number of para-hydroxylation sites is 1. The molecule has 1 aromatic rings. The standard InChI is InChI=1S/C18H28ClNO/c1-4-18(2,3)14-8-10-15(11-9-14)20-12-13-6-5-7-16(19)17(13)21/h5-7,14-15,20-21H,4,8-12H2,1-3H3. The molecule has 1 aliphatic rings. The molecule has 0 heterocycles. The molecule has 2 rings (SSSR count). The molecule has 118 valence electrons. The Kier molecular flexibility index (Phi) is 5.56. The maximum absolute atomic E-state index is 9.94.